The van der Waals surface area contributed by atoms with Gasteiger partial charge >= 0.3 is 5.97 Å². The van der Waals surface area contributed by atoms with Crippen molar-refractivity contribution < 1.29 is 22.7 Å². The summed E-state index contributed by atoms with van der Waals surface area (Å²) in [5.41, 5.74) is 0.551. The Morgan fingerprint density at radius 2 is 1.66 bits per heavy atom. The summed E-state index contributed by atoms with van der Waals surface area (Å²) in [5.74, 6) is -1.38. The zero-order chi connectivity index (χ0) is 20.9. The Balaban J connectivity index is 1.46. The number of hydrogen-bond acceptors (Lipinski definition) is 5. The van der Waals surface area contributed by atoms with Crippen LogP contribution < -0.4 is 5.32 Å². The molecule has 9 heteroatoms. The van der Waals surface area contributed by atoms with Crippen LogP contribution in [0.15, 0.2) is 59.5 Å². The van der Waals surface area contributed by atoms with Crippen LogP contribution in [-0.4, -0.2) is 44.3 Å². The zero-order valence-electron chi connectivity index (χ0n) is 15.6. The number of rotatable bonds is 6. The summed E-state index contributed by atoms with van der Waals surface area (Å²) in [6, 6.07) is 14.8. The van der Waals surface area contributed by atoms with Gasteiger partial charge in [-0.15, -0.1) is 0 Å². The first-order valence-corrected chi connectivity index (χ1v) is 11.0. The average Bonchev–Trinajstić information content (AvgIpc) is 2.74. The van der Waals surface area contributed by atoms with E-state index in [1.807, 2.05) is 0 Å². The number of nitrogens with one attached hydrogen (secondary N) is 1. The maximum atomic E-state index is 12.6. The van der Waals surface area contributed by atoms with Gasteiger partial charge in [-0.25, -0.2) is 8.42 Å². The number of anilines is 1. The van der Waals surface area contributed by atoms with Crippen LogP contribution in [0.2, 0.25) is 5.02 Å². The molecule has 1 heterocycles. The zero-order valence-corrected chi connectivity index (χ0v) is 17.2. The maximum Gasteiger partial charge on any atom is 0.309 e. The van der Waals surface area contributed by atoms with Crippen molar-refractivity contribution >= 4 is 39.2 Å². The molecule has 2 aromatic rings. The van der Waals surface area contributed by atoms with Crippen LogP contribution in [-0.2, 0) is 24.3 Å². The Kier molecular flexibility index (Phi) is 6.89. The lowest BCUT2D eigenvalue weighted by atomic mass is 9.98. The summed E-state index contributed by atoms with van der Waals surface area (Å²) >= 11 is 5.79. The van der Waals surface area contributed by atoms with Crippen molar-refractivity contribution in [2.75, 3.05) is 25.0 Å². The standard InChI is InChI=1S/C20H21ClN2O5S/c21-16-6-8-17(9-7-16)22-19(24)14-28-20(25)15-10-12-23(13-11-15)29(26,27)18-4-2-1-3-5-18/h1-9,15H,10-14H2,(H,22,24). The molecule has 0 bridgehead atoms. The van der Waals surface area contributed by atoms with Crippen LogP contribution >= 0.6 is 11.6 Å². The minimum Gasteiger partial charge on any atom is -0.455 e. The fourth-order valence-corrected chi connectivity index (χ4v) is 4.67. The lowest BCUT2D eigenvalue weighted by Crippen LogP contribution is -2.40. The van der Waals surface area contributed by atoms with E-state index in [1.54, 1.807) is 54.6 Å². The quantitative estimate of drug-likeness (QED) is 0.703. The van der Waals surface area contributed by atoms with Crippen LogP contribution in [0.4, 0.5) is 5.69 Å². The first-order chi connectivity index (χ1) is 13.9. The van der Waals surface area contributed by atoms with Gasteiger partial charge < -0.3 is 10.1 Å². The number of ether oxygens (including phenoxy) is 1. The van der Waals surface area contributed by atoms with Gasteiger partial charge in [-0.3, -0.25) is 9.59 Å². The summed E-state index contributed by atoms with van der Waals surface area (Å²) in [6.07, 6.45) is 0.702. The van der Waals surface area contributed by atoms with Crippen molar-refractivity contribution in [1.82, 2.24) is 4.31 Å². The van der Waals surface area contributed by atoms with Crippen LogP contribution in [0.1, 0.15) is 12.8 Å². The Morgan fingerprint density at radius 3 is 2.28 bits per heavy atom. The van der Waals surface area contributed by atoms with E-state index >= 15 is 0 Å². The van der Waals surface area contributed by atoms with Crippen molar-refractivity contribution in [3.05, 3.63) is 59.6 Å². The Bertz CT molecular complexity index is 956. The molecule has 0 aliphatic carbocycles. The summed E-state index contributed by atoms with van der Waals surface area (Å²) < 4.78 is 31.7. The molecule has 2 aromatic carbocycles. The van der Waals surface area contributed by atoms with E-state index in [1.165, 1.54) is 4.31 Å². The van der Waals surface area contributed by atoms with Crippen molar-refractivity contribution in [3.8, 4) is 0 Å². The maximum absolute atomic E-state index is 12.6. The third-order valence-electron chi connectivity index (χ3n) is 4.64. The molecule has 0 saturated carbocycles. The molecule has 29 heavy (non-hydrogen) atoms. The number of benzene rings is 2. The van der Waals surface area contributed by atoms with Crippen LogP contribution in [0.3, 0.4) is 0 Å². The lowest BCUT2D eigenvalue weighted by Gasteiger charge is -2.30. The molecule has 0 aromatic heterocycles. The van der Waals surface area contributed by atoms with Gasteiger partial charge in [0.25, 0.3) is 5.91 Å². The number of nitrogens with zero attached hydrogens (tertiary/aromatic N) is 1. The Labute approximate surface area is 174 Å². The molecular weight excluding hydrogens is 416 g/mol. The highest BCUT2D eigenvalue weighted by molar-refractivity contribution is 7.89. The Hall–Kier alpha value is -2.42. The topological polar surface area (TPSA) is 92.8 Å². The monoisotopic (exact) mass is 436 g/mol. The molecule has 0 radical (unpaired) electrons. The van der Waals surface area contributed by atoms with Gasteiger partial charge in [-0.05, 0) is 49.2 Å². The highest BCUT2D eigenvalue weighted by Gasteiger charge is 2.32. The van der Waals surface area contributed by atoms with Crippen LogP contribution in [0, 0.1) is 5.92 Å². The average molecular weight is 437 g/mol. The second-order valence-electron chi connectivity index (χ2n) is 6.65. The first-order valence-electron chi connectivity index (χ1n) is 9.13. The second-order valence-corrected chi connectivity index (χ2v) is 9.03. The number of piperidine rings is 1. The fourth-order valence-electron chi connectivity index (χ4n) is 3.06. The first kappa shape index (κ1) is 21.3. The number of hydrogen-bond donors (Lipinski definition) is 1. The predicted molar refractivity (Wildman–Crippen MR) is 109 cm³/mol. The summed E-state index contributed by atoms with van der Waals surface area (Å²) in [7, 11) is -3.57. The predicted octanol–water partition coefficient (Wildman–Crippen LogP) is 2.92. The number of sulfonamides is 1. The molecule has 154 valence electrons. The summed E-state index contributed by atoms with van der Waals surface area (Å²) in [5, 5.41) is 3.16. The summed E-state index contributed by atoms with van der Waals surface area (Å²) in [6.45, 7) is 0.0614. The molecular formula is C20H21ClN2O5S. The lowest BCUT2D eigenvalue weighted by molar-refractivity contribution is -0.152. The summed E-state index contributed by atoms with van der Waals surface area (Å²) in [4.78, 5) is 24.4. The molecule has 7 nitrogen and oxygen atoms in total. The SMILES string of the molecule is O=C(COC(=O)C1CCN(S(=O)(=O)c2ccccc2)CC1)Nc1ccc(Cl)cc1. The van der Waals surface area contributed by atoms with Gasteiger partial charge in [-0.1, -0.05) is 29.8 Å². The molecule has 0 atom stereocenters. The van der Waals surface area contributed by atoms with Gasteiger partial charge in [0, 0.05) is 23.8 Å². The normalized spacial score (nSPS) is 15.6. The fraction of sp³-hybridized carbons (Fsp3) is 0.300. The van der Waals surface area contributed by atoms with Gasteiger partial charge in [-0.2, -0.15) is 4.31 Å². The molecule has 1 aliphatic rings. The minimum absolute atomic E-state index is 0.230. The van der Waals surface area contributed by atoms with Gasteiger partial charge in [0.05, 0.1) is 10.8 Å². The van der Waals surface area contributed by atoms with Crippen LogP contribution in [0.5, 0.6) is 0 Å². The third-order valence-corrected chi connectivity index (χ3v) is 6.81. The molecule has 0 spiro atoms. The largest absolute Gasteiger partial charge is 0.455 e. The number of carbonyl (C=O) groups is 2. The van der Waals surface area contributed by atoms with E-state index in [0.29, 0.717) is 23.6 Å². The van der Waals surface area contributed by atoms with Gasteiger partial charge in [0.1, 0.15) is 0 Å². The van der Waals surface area contributed by atoms with E-state index in [9.17, 15) is 18.0 Å². The van der Waals surface area contributed by atoms with Crippen molar-refractivity contribution in [2.45, 2.75) is 17.7 Å². The number of halogens is 1. The molecule has 1 aliphatic heterocycles. The third kappa shape index (κ3) is 5.56. The van der Waals surface area contributed by atoms with Gasteiger partial charge in [0.2, 0.25) is 10.0 Å². The van der Waals surface area contributed by atoms with Crippen LogP contribution in [0.25, 0.3) is 0 Å². The number of amides is 1. The van der Waals surface area contributed by atoms with E-state index in [4.69, 9.17) is 16.3 Å². The van der Waals surface area contributed by atoms with Crippen molar-refractivity contribution in [2.24, 2.45) is 5.92 Å². The second kappa shape index (κ2) is 9.39. The molecule has 1 amide bonds. The molecule has 3 rings (SSSR count). The smallest absolute Gasteiger partial charge is 0.309 e. The van der Waals surface area contributed by atoms with E-state index < -0.39 is 34.4 Å². The minimum atomic E-state index is -3.57. The molecule has 1 saturated heterocycles. The Morgan fingerprint density at radius 1 is 1.03 bits per heavy atom. The van der Waals surface area contributed by atoms with Crippen molar-refractivity contribution in [3.63, 3.8) is 0 Å². The molecule has 0 unspecified atom stereocenters. The highest BCUT2D eigenvalue weighted by Crippen LogP contribution is 2.24. The molecule has 1 N–H and O–H groups in total. The van der Waals surface area contributed by atoms with E-state index in [-0.39, 0.29) is 18.0 Å². The van der Waals surface area contributed by atoms with E-state index in [0.717, 1.165) is 0 Å². The number of carbonyl (C=O) groups excluding carboxylic acids is 2. The van der Waals surface area contributed by atoms with Gasteiger partial charge in [0.15, 0.2) is 6.61 Å². The molecule has 1 fully saturated rings. The number of esters is 1. The van der Waals surface area contributed by atoms with Crippen molar-refractivity contribution in [1.29, 1.82) is 0 Å². The van der Waals surface area contributed by atoms with E-state index in [2.05, 4.69) is 5.32 Å². The highest BCUT2D eigenvalue weighted by atomic mass is 35.5.